The van der Waals surface area contributed by atoms with Crippen LogP contribution in [0.4, 0.5) is 0 Å². The van der Waals surface area contributed by atoms with Crippen LogP contribution >= 0.6 is 0 Å². The SMILES string of the molecule is CC(C)COCC(C)OCC(C)OC(=O)CCCCC(=O)O. The summed E-state index contributed by atoms with van der Waals surface area (Å²) < 4.78 is 16.2. The second kappa shape index (κ2) is 12.4. The van der Waals surface area contributed by atoms with Gasteiger partial charge in [-0.3, -0.25) is 9.59 Å². The Kier molecular flexibility index (Phi) is 11.8. The number of esters is 1. The van der Waals surface area contributed by atoms with Gasteiger partial charge in [0.05, 0.1) is 19.3 Å². The summed E-state index contributed by atoms with van der Waals surface area (Å²) in [4.78, 5) is 21.9. The van der Waals surface area contributed by atoms with Gasteiger partial charge in [0.1, 0.15) is 6.10 Å². The van der Waals surface area contributed by atoms with E-state index in [0.29, 0.717) is 38.6 Å². The second-order valence-electron chi connectivity index (χ2n) is 5.98. The number of unbranched alkanes of at least 4 members (excludes halogenated alkanes) is 1. The monoisotopic (exact) mass is 318 g/mol. The van der Waals surface area contributed by atoms with E-state index in [4.69, 9.17) is 19.3 Å². The molecule has 0 rings (SSSR count). The first-order valence-corrected chi connectivity index (χ1v) is 7.91. The van der Waals surface area contributed by atoms with E-state index in [0.717, 1.165) is 0 Å². The summed E-state index contributed by atoms with van der Waals surface area (Å²) in [5.41, 5.74) is 0. The van der Waals surface area contributed by atoms with Crippen molar-refractivity contribution in [3.8, 4) is 0 Å². The highest BCUT2D eigenvalue weighted by molar-refractivity contribution is 5.70. The molecule has 2 unspecified atom stereocenters. The third kappa shape index (κ3) is 13.8. The summed E-state index contributed by atoms with van der Waals surface area (Å²) >= 11 is 0. The first kappa shape index (κ1) is 20.9. The first-order valence-electron chi connectivity index (χ1n) is 7.91. The van der Waals surface area contributed by atoms with Gasteiger partial charge in [-0.05, 0) is 32.6 Å². The van der Waals surface area contributed by atoms with E-state index < -0.39 is 5.97 Å². The second-order valence-corrected chi connectivity index (χ2v) is 5.98. The van der Waals surface area contributed by atoms with Crippen LogP contribution in [0.15, 0.2) is 0 Å². The van der Waals surface area contributed by atoms with Crippen molar-refractivity contribution in [3.63, 3.8) is 0 Å². The van der Waals surface area contributed by atoms with Gasteiger partial charge in [0.15, 0.2) is 0 Å². The Balaban J connectivity index is 3.64. The quantitative estimate of drug-likeness (QED) is 0.415. The van der Waals surface area contributed by atoms with Crippen molar-refractivity contribution in [2.75, 3.05) is 19.8 Å². The normalized spacial score (nSPS) is 13.9. The smallest absolute Gasteiger partial charge is 0.306 e. The highest BCUT2D eigenvalue weighted by Gasteiger charge is 2.12. The summed E-state index contributed by atoms with van der Waals surface area (Å²) in [5, 5.41) is 8.49. The van der Waals surface area contributed by atoms with Gasteiger partial charge in [0.25, 0.3) is 0 Å². The summed E-state index contributed by atoms with van der Waals surface area (Å²) in [6.45, 7) is 9.42. The van der Waals surface area contributed by atoms with Crippen LogP contribution < -0.4 is 0 Å². The molecule has 1 N–H and O–H groups in total. The number of carbonyl (C=O) groups is 2. The number of aliphatic carboxylic acids is 1. The lowest BCUT2D eigenvalue weighted by atomic mass is 10.2. The maximum Gasteiger partial charge on any atom is 0.306 e. The van der Waals surface area contributed by atoms with Gasteiger partial charge in [-0.25, -0.2) is 0 Å². The van der Waals surface area contributed by atoms with Gasteiger partial charge in [-0.15, -0.1) is 0 Å². The number of hydrogen-bond donors (Lipinski definition) is 1. The van der Waals surface area contributed by atoms with E-state index >= 15 is 0 Å². The van der Waals surface area contributed by atoms with E-state index in [1.54, 1.807) is 6.92 Å². The van der Waals surface area contributed by atoms with Gasteiger partial charge in [-0.2, -0.15) is 0 Å². The van der Waals surface area contributed by atoms with Crippen molar-refractivity contribution >= 4 is 11.9 Å². The lowest BCUT2D eigenvalue weighted by Gasteiger charge is -2.18. The Bertz CT molecular complexity index is 316. The number of rotatable bonds is 13. The molecule has 0 aliphatic carbocycles. The molecular weight excluding hydrogens is 288 g/mol. The van der Waals surface area contributed by atoms with Crippen molar-refractivity contribution in [1.82, 2.24) is 0 Å². The lowest BCUT2D eigenvalue weighted by Crippen LogP contribution is -2.25. The van der Waals surface area contributed by atoms with Crippen LogP contribution in [0.25, 0.3) is 0 Å². The molecule has 0 saturated carbocycles. The molecule has 0 bridgehead atoms. The van der Waals surface area contributed by atoms with Crippen molar-refractivity contribution in [3.05, 3.63) is 0 Å². The predicted octanol–water partition coefficient (Wildman–Crippen LogP) is 2.64. The van der Waals surface area contributed by atoms with E-state index in [2.05, 4.69) is 13.8 Å². The van der Waals surface area contributed by atoms with Crippen LogP contribution in [0.1, 0.15) is 53.4 Å². The molecule has 0 saturated heterocycles. The fourth-order valence-electron chi connectivity index (χ4n) is 1.68. The molecule has 2 atom stereocenters. The third-order valence-electron chi connectivity index (χ3n) is 2.77. The minimum atomic E-state index is -0.844. The van der Waals surface area contributed by atoms with E-state index in [1.807, 2.05) is 6.92 Å². The Hall–Kier alpha value is -1.14. The van der Waals surface area contributed by atoms with Crippen molar-refractivity contribution in [2.24, 2.45) is 5.92 Å². The Morgan fingerprint density at radius 1 is 0.909 bits per heavy atom. The molecule has 0 fully saturated rings. The standard InChI is InChI=1S/C16H30O6/c1-12(2)9-20-10-13(3)21-11-14(4)22-16(19)8-6-5-7-15(17)18/h12-14H,5-11H2,1-4H3,(H,17,18). The predicted molar refractivity (Wildman–Crippen MR) is 82.7 cm³/mol. The lowest BCUT2D eigenvalue weighted by molar-refractivity contribution is -0.153. The number of hydrogen-bond acceptors (Lipinski definition) is 5. The number of carbonyl (C=O) groups excluding carboxylic acids is 1. The Morgan fingerprint density at radius 2 is 1.55 bits per heavy atom. The van der Waals surface area contributed by atoms with E-state index in [9.17, 15) is 9.59 Å². The molecule has 0 amide bonds. The highest BCUT2D eigenvalue weighted by atomic mass is 16.6. The zero-order valence-corrected chi connectivity index (χ0v) is 14.2. The minimum absolute atomic E-state index is 0.0459. The molecule has 130 valence electrons. The first-order chi connectivity index (χ1) is 10.3. The molecule has 0 spiro atoms. The topological polar surface area (TPSA) is 82.1 Å². The molecule has 0 aliphatic heterocycles. The summed E-state index contributed by atoms with van der Waals surface area (Å²) in [5.74, 6) is -0.665. The van der Waals surface area contributed by atoms with Gasteiger partial charge in [0, 0.05) is 19.4 Å². The zero-order chi connectivity index (χ0) is 17.0. The van der Waals surface area contributed by atoms with Crippen LogP contribution in [-0.2, 0) is 23.8 Å². The van der Waals surface area contributed by atoms with Gasteiger partial charge in [-0.1, -0.05) is 13.8 Å². The minimum Gasteiger partial charge on any atom is -0.481 e. The number of carboxylic acids is 1. The zero-order valence-electron chi connectivity index (χ0n) is 14.2. The summed E-state index contributed by atoms with van der Waals surface area (Å²) in [7, 11) is 0. The molecule has 6 nitrogen and oxygen atoms in total. The molecule has 0 aromatic heterocycles. The maximum atomic E-state index is 11.5. The van der Waals surface area contributed by atoms with Crippen LogP contribution in [-0.4, -0.2) is 49.1 Å². The average Bonchev–Trinajstić information content (AvgIpc) is 2.40. The van der Waals surface area contributed by atoms with Crippen molar-refractivity contribution in [2.45, 2.75) is 65.6 Å². The fraction of sp³-hybridized carbons (Fsp3) is 0.875. The van der Waals surface area contributed by atoms with Crippen molar-refractivity contribution < 1.29 is 28.9 Å². The average molecular weight is 318 g/mol. The summed E-state index contributed by atoms with van der Waals surface area (Å²) in [6, 6.07) is 0. The van der Waals surface area contributed by atoms with E-state index in [1.165, 1.54) is 0 Å². The highest BCUT2D eigenvalue weighted by Crippen LogP contribution is 2.05. The van der Waals surface area contributed by atoms with Crippen LogP contribution in [0.2, 0.25) is 0 Å². The molecule has 22 heavy (non-hydrogen) atoms. The van der Waals surface area contributed by atoms with Crippen LogP contribution in [0.3, 0.4) is 0 Å². The number of ether oxygens (including phenoxy) is 3. The molecule has 0 radical (unpaired) electrons. The van der Waals surface area contributed by atoms with Gasteiger partial charge >= 0.3 is 11.9 Å². The van der Waals surface area contributed by atoms with E-state index in [-0.39, 0.29) is 31.0 Å². The molecule has 0 aliphatic rings. The van der Waals surface area contributed by atoms with Crippen molar-refractivity contribution in [1.29, 1.82) is 0 Å². The van der Waals surface area contributed by atoms with Crippen LogP contribution in [0.5, 0.6) is 0 Å². The largest absolute Gasteiger partial charge is 0.481 e. The fourth-order valence-corrected chi connectivity index (χ4v) is 1.68. The molecule has 0 aromatic rings. The third-order valence-corrected chi connectivity index (χ3v) is 2.77. The molecule has 0 heterocycles. The maximum absolute atomic E-state index is 11.5. The Morgan fingerprint density at radius 3 is 2.14 bits per heavy atom. The molecule has 0 aromatic carbocycles. The molecule has 6 heteroatoms. The molecular formula is C16H30O6. The van der Waals surface area contributed by atoms with Crippen LogP contribution in [0, 0.1) is 5.92 Å². The van der Waals surface area contributed by atoms with Gasteiger partial charge in [0.2, 0.25) is 0 Å². The number of carboxylic acid groups (broad SMARTS) is 1. The van der Waals surface area contributed by atoms with Gasteiger partial charge < -0.3 is 19.3 Å². The summed E-state index contributed by atoms with van der Waals surface area (Å²) in [6.07, 6.45) is 0.970. The Labute approximate surface area is 133 Å².